The SMILES string of the molecule is CCn1nc(C)c(N)c1Sc1ccccn1. The highest BCUT2D eigenvalue weighted by atomic mass is 32.2. The molecule has 0 aromatic carbocycles. The molecular weight excluding hydrogens is 220 g/mol. The van der Waals surface area contributed by atoms with Crippen molar-refractivity contribution >= 4 is 17.4 Å². The maximum atomic E-state index is 5.99. The lowest BCUT2D eigenvalue weighted by Crippen LogP contribution is -1.99. The summed E-state index contributed by atoms with van der Waals surface area (Å²) in [6.07, 6.45) is 1.78. The van der Waals surface area contributed by atoms with Gasteiger partial charge in [-0.3, -0.25) is 4.68 Å². The van der Waals surface area contributed by atoms with E-state index in [1.165, 1.54) is 0 Å². The van der Waals surface area contributed by atoms with Gasteiger partial charge in [-0.2, -0.15) is 5.10 Å². The third kappa shape index (κ3) is 2.04. The van der Waals surface area contributed by atoms with E-state index in [1.54, 1.807) is 18.0 Å². The Bertz CT molecular complexity index is 478. The van der Waals surface area contributed by atoms with Gasteiger partial charge in [-0.25, -0.2) is 4.98 Å². The Morgan fingerprint density at radius 2 is 2.25 bits per heavy atom. The van der Waals surface area contributed by atoms with Gasteiger partial charge in [-0.1, -0.05) is 6.07 Å². The Morgan fingerprint density at radius 1 is 1.44 bits per heavy atom. The van der Waals surface area contributed by atoms with Crippen LogP contribution in [0, 0.1) is 6.92 Å². The predicted octanol–water partition coefficient (Wildman–Crippen LogP) is 2.34. The summed E-state index contributed by atoms with van der Waals surface area (Å²) in [6.45, 7) is 4.78. The molecule has 0 amide bonds. The first-order chi connectivity index (χ1) is 7.72. The third-order valence-corrected chi connectivity index (χ3v) is 3.34. The standard InChI is InChI=1S/C11H14N4S/c1-3-15-11(10(12)8(2)14-15)16-9-6-4-5-7-13-9/h4-7H,3,12H2,1-2H3. The van der Waals surface area contributed by atoms with E-state index in [0.29, 0.717) is 0 Å². The van der Waals surface area contributed by atoms with Crippen LogP contribution in [0.15, 0.2) is 34.4 Å². The van der Waals surface area contributed by atoms with Crippen LogP contribution in [0.5, 0.6) is 0 Å². The number of aryl methyl sites for hydroxylation is 2. The number of hydrogen-bond acceptors (Lipinski definition) is 4. The van der Waals surface area contributed by atoms with Gasteiger partial charge in [0.1, 0.15) is 10.1 Å². The Kier molecular flexibility index (Phi) is 3.14. The molecule has 0 atom stereocenters. The fourth-order valence-corrected chi connectivity index (χ4v) is 2.39. The zero-order valence-electron chi connectivity index (χ0n) is 9.34. The number of pyridine rings is 1. The van der Waals surface area contributed by atoms with Gasteiger partial charge >= 0.3 is 0 Å². The third-order valence-electron chi connectivity index (χ3n) is 2.26. The summed E-state index contributed by atoms with van der Waals surface area (Å²) in [5, 5.41) is 6.27. The van der Waals surface area contributed by atoms with E-state index in [4.69, 9.17) is 5.73 Å². The van der Waals surface area contributed by atoms with Crippen LogP contribution in [0.2, 0.25) is 0 Å². The van der Waals surface area contributed by atoms with Crippen molar-refractivity contribution in [2.24, 2.45) is 0 Å². The van der Waals surface area contributed by atoms with E-state index >= 15 is 0 Å². The average molecular weight is 234 g/mol. The molecule has 0 aliphatic rings. The molecule has 0 aliphatic heterocycles. The molecule has 0 saturated carbocycles. The number of nitrogen functional groups attached to an aromatic ring is 1. The lowest BCUT2D eigenvalue weighted by Gasteiger charge is -2.04. The predicted molar refractivity (Wildman–Crippen MR) is 65.4 cm³/mol. The number of hydrogen-bond donors (Lipinski definition) is 1. The minimum absolute atomic E-state index is 0.748. The Hall–Kier alpha value is -1.49. The molecule has 0 radical (unpaired) electrons. The van der Waals surface area contributed by atoms with E-state index in [1.807, 2.05) is 36.7 Å². The van der Waals surface area contributed by atoms with Crippen LogP contribution in [0.1, 0.15) is 12.6 Å². The van der Waals surface area contributed by atoms with Gasteiger partial charge in [0.05, 0.1) is 11.4 Å². The fourth-order valence-electron chi connectivity index (χ4n) is 1.40. The molecular formula is C11H14N4S. The first-order valence-electron chi connectivity index (χ1n) is 5.14. The van der Waals surface area contributed by atoms with Crippen molar-refractivity contribution in [3.05, 3.63) is 30.1 Å². The molecule has 0 aliphatic carbocycles. The van der Waals surface area contributed by atoms with Crippen molar-refractivity contribution in [2.75, 3.05) is 5.73 Å². The van der Waals surface area contributed by atoms with Gasteiger partial charge in [-0.15, -0.1) is 0 Å². The van der Waals surface area contributed by atoms with Crippen molar-refractivity contribution < 1.29 is 0 Å². The van der Waals surface area contributed by atoms with E-state index in [0.717, 1.165) is 28.0 Å². The first-order valence-corrected chi connectivity index (χ1v) is 5.95. The number of aromatic nitrogens is 3. The van der Waals surface area contributed by atoms with Crippen LogP contribution >= 0.6 is 11.8 Å². The molecule has 5 heteroatoms. The molecule has 16 heavy (non-hydrogen) atoms. The normalized spacial score (nSPS) is 10.6. The van der Waals surface area contributed by atoms with Gasteiger partial charge in [0.25, 0.3) is 0 Å². The molecule has 2 N–H and O–H groups in total. The minimum Gasteiger partial charge on any atom is -0.395 e. The summed E-state index contributed by atoms with van der Waals surface area (Å²) < 4.78 is 1.91. The quantitative estimate of drug-likeness (QED) is 0.885. The molecule has 2 rings (SSSR count). The van der Waals surface area contributed by atoms with Crippen molar-refractivity contribution in [1.82, 2.24) is 14.8 Å². The Balaban J connectivity index is 2.34. The number of rotatable bonds is 3. The molecule has 2 heterocycles. The maximum absolute atomic E-state index is 5.99. The molecule has 2 aromatic heterocycles. The van der Waals surface area contributed by atoms with Crippen LogP contribution in [-0.2, 0) is 6.54 Å². The van der Waals surface area contributed by atoms with Crippen LogP contribution in [-0.4, -0.2) is 14.8 Å². The minimum atomic E-state index is 0.748. The van der Waals surface area contributed by atoms with Crippen molar-refractivity contribution in [3.63, 3.8) is 0 Å². The van der Waals surface area contributed by atoms with Gasteiger partial charge in [-0.05, 0) is 37.7 Å². The van der Waals surface area contributed by atoms with E-state index < -0.39 is 0 Å². The summed E-state index contributed by atoms with van der Waals surface area (Å²) >= 11 is 1.55. The lowest BCUT2D eigenvalue weighted by atomic mass is 10.4. The summed E-state index contributed by atoms with van der Waals surface area (Å²) in [7, 11) is 0. The second-order valence-corrected chi connectivity index (χ2v) is 4.40. The molecule has 4 nitrogen and oxygen atoms in total. The second kappa shape index (κ2) is 4.57. The van der Waals surface area contributed by atoms with Gasteiger partial charge in [0.2, 0.25) is 0 Å². The zero-order chi connectivity index (χ0) is 11.5. The van der Waals surface area contributed by atoms with Crippen molar-refractivity contribution in [3.8, 4) is 0 Å². The smallest absolute Gasteiger partial charge is 0.123 e. The van der Waals surface area contributed by atoms with Gasteiger partial charge < -0.3 is 5.73 Å². The van der Waals surface area contributed by atoms with Crippen LogP contribution in [0.25, 0.3) is 0 Å². The van der Waals surface area contributed by atoms with Crippen LogP contribution in [0.4, 0.5) is 5.69 Å². The number of nitrogens with zero attached hydrogens (tertiary/aromatic N) is 3. The molecule has 0 saturated heterocycles. The highest BCUT2D eigenvalue weighted by Crippen LogP contribution is 2.32. The monoisotopic (exact) mass is 234 g/mol. The topological polar surface area (TPSA) is 56.7 Å². The highest BCUT2D eigenvalue weighted by Gasteiger charge is 2.12. The Morgan fingerprint density at radius 3 is 2.88 bits per heavy atom. The average Bonchev–Trinajstić information content (AvgIpc) is 2.58. The summed E-state index contributed by atoms with van der Waals surface area (Å²) in [4.78, 5) is 4.27. The molecule has 84 valence electrons. The first kappa shape index (κ1) is 11.0. The van der Waals surface area contributed by atoms with Gasteiger partial charge in [0.15, 0.2) is 0 Å². The maximum Gasteiger partial charge on any atom is 0.123 e. The van der Waals surface area contributed by atoms with Crippen molar-refractivity contribution in [2.45, 2.75) is 30.4 Å². The molecule has 2 aromatic rings. The number of nitrogens with two attached hydrogens (primary N) is 1. The lowest BCUT2D eigenvalue weighted by molar-refractivity contribution is 0.602. The zero-order valence-corrected chi connectivity index (χ0v) is 10.2. The number of anilines is 1. The summed E-state index contributed by atoms with van der Waals surface area (Å²) in [5.41, 5.74) is 7.62. The van der Waals surface area contributed by atoms with E-state index in [-0.39, 0.29) is 0 Å². The van der Waals surface area contributed by atoms with Crippen molar-refractivity contribution in [1.29, 1.82) is 0 Å². The highest BCUT2D eigenvalue weighted by molar-refractivity contribution is 7.99. The Labute approximate surface area is 98.9 Å². The second-order valence-electron chi connectivity index (χ2n) is 3.39. The molecule has 0 spiro atoms. The van der Waals surface area contributed by atoms with E-state index in [2.05, 4.69) is 10.1 Å². The van der Waals surface area contributed by atoms with Crippen LogP contribution in [0.3, 0.4) is 0 Å². The molecule has 0 unspecified atom stereocenters. The van der Waals surface area contributed by atoms with Gasteiger partial charge in [0, 0.05) is 12.7 Å². The summed E-state index contributed by atoms with van der Waals surface area (Å²) in [5.74, 6) is 0. The molecule has 0 fully saturated rings. The largest absolute Gasteiger partial charge is 0.395 e. The van der Waals surface area contributed by atoms with E-state index in [9.17, 15) is 0 Å². The molecule has 0 bridgehead atoms. The van der Waals surface area contributed by atoms with Crippen LogP contribution < -0.4 is 5.73 Å². The summed E-state index contributed by atoms with van der Waals surface area (Å²) in [6, 6.07) is 5.83. The fraction of sp³-hybridized carbons (Fsp3) is 0.273.